The maximum atomic E-state index is 11.8. The van der Waals surface area contributed by atoms with E-state index in [4.69, 9.17) is 0 Å². The highest BCUT2D eigenvalue weighted by molar-refractivity contribution is 9.10. The first kappa shape index (κ1) is 16.0. The van der Waals surface area contributed by atoms with E-state index in [1.807, 2.05) is 19.9 Å². The van der Waals surface area contributed by atoms with Crippen LogP contribution in [0.25, 0.3) is 0 Å². The van der Waals surface area contributed by atoms with Crippen molar-refractivity contribution < 1.29 is 9.90 Å². The molecule has 0 saturated carbocycles. The Hall–Kier alpha value is -1.07. The molecule has 0 aromatic heterocycles. The second kappa shape index (κ2) is 7.50. The highest BCUT2D eigenvalue weighted by atomic mass is 79.9. The minimum atomic E-state index is -0.0355. The van der Waals surface area contributed by atoms with Crippen molar-refractivity contribution in [2.45, 2.75) is 26.3 Å². The van der Waals surface area contributed by atoms with Gasteiger partial charge in [0.25, 0.3) is 0 Å². The molecule has 0 heterocycles. The summed E-state index contributed by atoms with van der Waals surface area (Å²) in [5.41, 5.74) is 0.809. The molecule has 1 amide bonds. The van der Waals surface area contributed by atoms with Crippen LogP contribution < -0.4 is 5.32 Å². The zero-order chi connectivity index (χ0) is 14.4. The molecule has 1 atom stereocenters. The van der Waals surface area contributed by atoms with Crippen LogP contribution in [0.1, 0.15) is 31.9 Å². The van der Waals surface area contributed by atoms with Crippen LogP contribution in [0.4, 0.5) is 0 Å². The molecule has 1 rings (SSSR count). The fourth-order valence-corrected chi connectivity index (χ4v) is 2.18. The van der Waals surface area contributed by atoms with E-state index in [0.29, 0.717) is 6.54 Å². The summed E-state index contributed by atoms with van der Waals surface area (Å²) in [4.78, 5) is 13.4. The zero-order valence-electron chi connectivity index (χ0n) is 11.6. The average Bonchev–Trinajstić information content (AvgIpc) is 2.41. The second-order valence-electron chi connectivity index (χ2n) is 4.45. The van der Waals surface area contributed by atoms with Crippen molar-refractivity contribution in [1.82, 2.24) is 10.2 Å². The third kappa shape index (κ3) is 4.51. The smallest absolute Gasteiger partial charge is 0.236 e. The highest BCUT2D eigenvalue weighted by Gasteiger charge is 2.15. The molecule has 4 nitrogen and oxygen atoms in total. The van der Waals surface area contributed by atoms with Gasteiger partial charge >= 0.3 is 0 Å². The van der Waals surface area contributed by atoms with Gasteiger partial charge in [0.05, 0.1) is 6.54 Å². The first-order chi connectivity index (χ1) is 8.99. The van der Waals surface area contributed by atoms with Crippen LogP contribution in [0, 0.1) is 0 Å². The molecule has 0 aliphatic rings. The average molecular weight is 329 g/mol. The van der Waals surface area contributed by atoms with E-state index >= 15 is 0 Å². The summed E-state index contributed by atoms with van der Waals surface area (Å²) in [5.74, 6) is 0.300. The summed E-state index contributed by atoms with van der Waals surface area (Å²) in [6.45, 7) is 4.93. The van der Waals surface area contributed by atoms with Crippen molar-refractivity contribution in [3.05, 3.63) is 28.2 Å². The van der Waals surface area contributed by atoms with E-state index in [-0.39, 0.29) is 24.2 Å². The monoisotopic (exact) mass is 328 g/mol. The predicted molar refractivity (Wildman–Crippen MR) is 80.2 cm³/mol. The fourth-order valence-electron chi connectivity index (χ4n) is 1.80. The van der Waals surface area contributed by atoms with Crippen molar-refractivity contribution in [3.63, 3.8) is 0 Å². The largest absolute Gasteiger partial charge is 0.508 e. The Morgan fingerprint density at radius 1 is 1.47 bits per heavy atom. The Morgan fingerprint density at radius 3 is 2.74 bits per heavy atom. The summed E-state index contributed by atoms with van der Waals surface area (Å²) in [7, 11) is 1.78. The van der Waals surface area contributed by atoms with Gasteiger partial charge in [0.2, 0.25) is 5.91 Å². The Kier molecular flexibility index (Phi) is 6.31. The van der Waals surface area contributed by atoms with Gasteiger partial charge in [0.1, 0.15) is 5.75 Å². The molecule has 1 aromatic carbocycles. The number of nitrogens with zero attached hydrogens (tertiary/aromatic N) is 1. The summed E-state index contributed by atoms with van der Waals surface area (Å²) in [5, 5.41) is 13.1. The Morgan fingerprint density at radius 2 is 2.16 bits per heavy atom. The van der Waals surface area contributed by atoms with E-state index in [2.05, 4.69) is 21.2 Å². The number of nitrogens with one attached hydrogen (secondary N) is 1. The number of carbonyl (C=O) groups is 1. The maximum absolute atomic E-state index is 11.8. The van der Waals surface area contributed by atoms with E-state index < -0.39 is 0 Å². The van der Waals surface area contributed by atoms with Crippen LogP contribution in [0.2, 0.25) is 0 Å². The summed E-state index contributed by atoms with van der Waals surface area (Å²) in [6, 6.07) is 5.29. The SMILES string of the molecule is CCC(NCC(=O)N(C)CC)c1cc(Br)ccc1O. The van der Waals surface area contributed by atoms with Crippen LogP contribution in [0.3, 0.4) is 0 Å². The van der Waals surface area contributed by atoms with Crippen LogP contribution in [0.15, 0.2) is 22.7 Å². The summed E-state index contributed by atoms with van der Waals surface area (Å²) >= 11 is 3.39. The van der Waals surface area contributed by atoms with Crippen LogP contribution in [-0.2, 0) is 4.79 Å². The lowest BCUT2D eigenvalue weighted by Crippen LogP contribution is -2.36. The second-order valence-corrected chi connectivity index (χ2v) is 5.37. The van der Waals surface area contributed by atoms with Gasteiger partial charge in [-0.3, -0.25) is 4.79 Å². The molecule has 0 saturated heterocycles. The molecular weight excluding hydrogens is 308 g/mol. The molecule has 0 aliphatic carbocycles. The van der Waals surface area contributed by atoms with Gasteiger partial charge in [-0.2, -0.15) is 0 Å². The predicted octanol–water partition coefficient (Wildman–Crippen LogP) is 2.67. The normalized spacial score (nSPS) is 12.2. The van der Waals surface area contributed by atoms with Gasteiger partial charge < -0.3 is 15.3 Å². The van der Waals surface area contributed by atoms with E-state index in [9.17, 15) is 9.90 Å². The molecular formula is C14H21BrN2O2. The molecule has 1 unspecified atom stereocenters. The number of halogens is 1. The minimum absolute atomic E-state index is 0.0355. The van der Waals surface area contributed by atoms with Gasteiger partial charge in [0, 0.05) is 29.7 Å². The van der Waals surface area contributed by atoms with E-state index in [1.165, 1.54) is 0 Å². The van der Waals surface area contributed by atoms with Crippen molar-refractivity contribution in [1.29, 1.82) is 0 Å². The number of hydrogen-bond acceptors (Lipinski definition) is 3. The number of aromatic hydroxyl groups is 1. The van der Waals surface area contributed by atoms with Gasteiger partial charge in [-0.15, -0.1) is 0 Å². The molecule has 0 aliphatic heterocycles. The molecule has 0 spiro atoms. The maximum Gasteiger partial charge on any atom is 0.236 e. The van der Waals surface area contributed by atoms with Crippen molar-refractivity contribution >= 4 is 21.8 Å². The number of amides is 1. The minimum Gasteiger partial charge on any atom is -0.508 e. The van der Waals surface area contributed by atoms with Crippen LogP contribution >= 0.6 is 15.9 Å². The van der Waals surface area contributed by atoms with Gasteiger partial charge in [-0.05, 0) is 31.5 Å². The van der Waals surface area contributed by atoms with E-state index in [0.717, 1.165) is 16.5 Å². The number of benzene rings is 1. The lowest BCUT2D eigenvalue weighted by atomic mass is 10.0. The molecule has 0 bridgehead atoms. The molecule has 5 heteroatoms. The number of likely N-dealkylation sites (N-methyl/N-ethyl adjacent to an activating group) is 1. The van der Waals surface area contributed by atoms with Gasteiger partial charge in [-0.1, -0.05) is 22.9 Å². The number of phenols is 1. The Bertz CT molecular complexity index is 437. The van der Waals surface area contributed by atoms with E-state index in [1.54, 1.807) is 24.1 Å². The first-order valence-electron chi connectivity index (χ1n) is 6.45. The third-order valence-electron chi connectivity index (χ3n) is 3.17. The standard InChI is InChI=1S/C14H21BrN2O2/c1-4-12(16-9-14(19)17(3)5-2)11-8-10(15)6-7-13(11)18/h6-8,12,16,18H,4-5,9H2,1-3H3. The van der Waals surface area contributed by atoms with Crippen LogP contribution in [0.5, 0.6) is 5.75 Å². The van der Waals surface area contributed by atoms with Gasteiger partial charge in [0.15, 0.2) is 0 Å². The zero-order valence-corrected chi connectivity index (χ0v) is 13.2. The number of hydrogen-bond donors (Lipinski definition) is 2. The lowest BCUT2D eigenvalue weighted by Gasteiger charge is -2.21. The topological polar surface area (TPSA) is 52.6 Å². The number of phenolic OH excluding ortho intramolecular Hbond substituents is 1. The van der Waals surface area contributed by atoms with Gasteiger partial charge in [-0.25, -0.2) is 0 Å². The highest BCUT2D eigenvalue weighted by Crippen LogP contribution is 2.29. The van der Waals surface area contributed by atoms with Crippen LogP contribution in [-0.4, -0.2) is 36.1 Å². The third-order valence-corrected chi connectivity index (χ3v) is 3.67. The molecule has 0 radical (unpaired) electrons. The quantitative estimate of drug-likeness (QED) is 0.844. The number of rotatable bonds is 6. The molecule has 1 aromatic rings. The van der Waals surface area contributed by atoms with Crippen molar-refractivity contribution in [2.75, 3.05) is 20.1 Å². The fraction of sp³-hybridized carbons (Fsp3) is 0.500. The number of carbonyl (C=O) groups excluding carboxylic acids is 1. The molecule has 0 fully saturated rings. The summed E-state index contributed by atoms with van der Waals surface area (Å²) < 4.78 is 0.914. The summed E-state index contributed by atoms with van der Waals surface area (Å²) in [6.07, 6.45) is 0.799. The first-order valence-corrected chi connectivity index (χ1v) is 7.24. The van der Waals surface area contributed by atoms with Crippen molar-refractivity contribution in [3.8, 4) is 5.75 Å². The Balaban J connectivity index is 2.73. The molecule has 106 valence electrons. The molecule has 2 N–H and O–H groups in total. The lowest BCUT2D eigenvalue weighted by molar-refractivity contribution is -0.128. The molecule has 19 heavy (non-hydrogen) atoms. The van der Waals surface area contributed by atoms with Crippen molar-refractivity contribution in [2.24, 2.45) is 0 Å². The Labute approximate surface area is 122 Å².